The molecule has 1 fully saturated rings. The number of sulfonamides is 1. The van der Waals surface area contributed by atoms with E-state index in [1.54, 1.807) is 22.6 Å². The highest BCUT2D eigenvalue weighted by atomic mass is 32.2. The van der Waals surface area contributed by atoms with Gasteiger partial charge in [0.1, 0.15) is 5.82 Å². The highest BCUT2D eigenvalue weighted by Crippen LogP contribution is 2.37. The van der Waals surface area contributed by atoms with Crippen molar-refractivity contribution in [2.24, 2.45) is 0 Å². The van der Waals surface area contributed by atoms with E-state index >= 15 is 0 Å². The first kappa shape index (κ1) is 16.9. The Morgan fingerprint density at radius 3 is 2.62 bits per heavy atom. The van der Waals surface area contributed by atoms with Gasteiger partial charge in [0.05, 0.1) is 10.9 Å². The normalized spacial score (nSPS) is 19.2. The molecule has 1 saturated heterocycles. The minimum atomic E-state index is -3.52. The number of aromatic nitrogens is 1. The number of rotatable bonds is 4. The van der Waals surface area contributed by atoms with Crippen LogP contribution in [0.3, 0.4) is 0 Å². The largest absolute Gasteiger partial charge is 0.373 e. The van der Waals surface area contributed by atoms with Crippen molar-refractivity contribution in [3.8, 4) is 0 Å². The molecule has 1 aromatic carbocycles. The summed E-state index contributed by atoms with van der Waals surface area (Å²) < 4.78 is 28.0. The SMILES string of the molecule is CNc1ncccc1C1CCCCN1S(=O)(=O)c1ccc(C)cc1. The smallest absolute Gasteiger partial charge is 0.243 e. The van der Waals surface area contributed by atoms with Gasteiger partial charge in [-0.15, -0.1) is 0 Å². The van der Waals surface area contributed by atoms with Crippen molar-refractivity contribution >= 4 is 15.8 Å². The van der Waals surface area contributed by atoms with Crippen LogP contribution in [0.5, 0.6) is 0 Å². The van der Waals surface area contributed by atoms with Gasteiger partial charge in [0.25, 0.3) is 0 Å². The third-order valence-corrected chi connectivity index (χ3v) is 6.44. The Balaban J connectivity index is 2.02. The third-order valence-electron chi connectivity index (χ3n) is 4.52. The van der Waals surface area contributed by atoms with Gasteiger partial charge in [-0.2, -0.15) is 4.31 Å². The zero-order valence-electron chi connectivity index (χ0n) is 14.1. The molecule has 5 nitrogen and oxygen atoms in total. The maximum atomic E-state index is 13.2. The van der Waals surface area contributed by atoms with Crippen LogP contribution in [0.15, 0.2) is 47.5 Å². The molecule has 0 radical (unpaired) electrons. The Kier molecular flexibility index (Phi) is 4.87. The lowest BCUT2D eigenvalue weighted by atomic mass is 9.98. The van der Waals surface area contributed by atoms with E-state index in [1.165, 1.54) is 0 Å². The van der Waals surface area contributed by atoms with Crippen LogP contribution in [0.25, 0.3) is 0 Å². The van der Waals surface area contributed by atoms with E-state index in [2.05, 4.69) is 10.3 Å². The van der Waals surface area contributed by atoms with Gasteiger partial charge in [0.15, 0.2) is 0 Å². The highest BCUT2D eigenvalue weighted by molar-refractivity contribution is 7.89. The molecule has 2 heterocycles. The summed E-state index contributed by atoms with van der Waals surface area (Å²) in [5.74, 6) is 0.744. The van der Waals surface area contributed by atoms with Gasteiger partial charge in [-0.05, 0) is 38.0 Å². The lowest BCUT2D eigenvalue weighted by molar-refractivity contribution is 0.256. The van der Waals surface area contributed by atoms with Crippen molar-refractivity contribution in [1.29, 1.82) is 0 Å². The van der Waals surface area contributed by atoms with Crippen molar-refractivity contribution < 1.29 is 8.42 Å². The van der Waals surface area contributed by atoms with Crippen LogP contribution in [0.4, 0.5) is 5.82 Å². The summed E-state index contributed by atoms with van der Waals surface area (Å²) in [5.41, 5.74) is 1.99. The van der Waals surface area contributed by atoms with E-state index in [1.807, 2.05) is 38.2 Å². The summed E-state index contributed by atoms with van der Waals surface area (Å²) in [7, 11) is -1.71. The fourth-order valence-corrected chi connectivity index (χ4v) is 4.92. The summed E-state index contributed by atoms with van der Waals surface area (Å²) in [6.45, 7) is 2.49. The summed E-state index contributed by atoms with van der Waals surface area (Å²) in [6.07, 6.45) is 4.43. The number of pyridine rings is 1. The van der Waals surface area contributed by atoms with Gasteiger partial charge in [-0.25, -0.2) is 13.4 Å². The number of hydrogen-bond acceptors (Lipinski definition) is 4. The van der Waals surface area contributed by atoms with Gasteiger partial charge in [0, 0.05) is 25.4 Å². The van der Waals surface area contributed by atoms with Crippen molar-refractivity contribution in [2.75, 3.05) is 18.9 Å². The fraction of sp³-hybridized carbons (Fsp3) is 0.389. The van der Waals surface area contributed by atoms with Gasteiger partial charge >= 0.3 is 0 Å². The summed E-state index contributed by atoms with van der Waals surface area (Å²) >= 11 is 0. The molecule has 0 aliphatic carbocycles. The second-order valence-corrected chi connectivity index (χ2v) is 8.02. The standard InChI is InChI=1S/C18H23N3O2S/c1-14-8-10-15(11-9-14)24(22,23)21-13-4-3-7-17(21)16-6-5-12-20-18(16)19-2/h5-6,8-12,17H,3-4,7,13H2,1-2H3,(H,19,20). The monoisotopic (exact) mass is 345 g/mol. The molecule has 3 rings (SSSR count). The molecule has 2 aromatic rings. The highest BCUT2D eigenvalue weighted by Gasteiger charge is 2.35. The quantitative estimate of drug-likeness (QED) is 0.923. The zero-order chi connectivity index (χ0) is 17.2. The minimum absolute atomic E-state index is 0.179. The van der Waals surface area contributed by atoms with Crippen LogP contribution in [-0.4, -0.2) is 31.3 Å². The molecule has 24 heavy (non-hydrogen) atoms. The molecule has 128 valence electrons. The number of hydrogen-bond donors (Lipinski definition) is 1. The van der Waals surface area contributed by atoms with Crippen LogP contribution in [0, 0.1) is 6.92 Å². The average Bonchev–Trinajstić information content (AvgIpc) is 2.62. The molecule has 1 aliphatic heterocycles. The number of aryl methyl sites for hydroxylation is 1. The zero-order valence-corrected chi connectivity index (χ0v) is 14.9. The second kappa shape index (κ2) is 6.91. The van der Waals surface area contributed by atoms with E-state index in [9.17, 15) is 8.42 Å². The minimum Gasteiger partial charge on any atom is -0.373 e. The van der Waals surface area contributed by atoms with Gasteiger partial charge < -0.3 is 5.32 Å². The van der Waals surface area contributed by atoms with Crippen LogP contribution < -0.4 is 5.32 Å². The van der Waals surface area contributed by atoms with Gasteiger partial charge in [-0.3, -0.25) is 0 Å². The van der Waals surface area contributed by atoms with E-state index in [0.717, 1.165) is 36.2 Å². The topological polar surface area (TPSA) is 62.3 Å². The lowest BCUT2D eigenvalue weighted by Crippen LogP contribution is -2.38. The summed E-state index contributed by atoms with van der Waals surface area (Å²) in [5, 5.41) is 3.08. The Hall–Kier alpha value is -1.92. The molecule has 1 N–H and O–H groups in total. The molecular weight excluding hydrogens is 322 g/mol. The predicted molar refractivity (Wildman–Crippen MR) is 95.4 cm³/mol. The molecule has 6 heteroatoms. The lowest BCUT2D eigenvalue weighted by Gasteiger charge is -2.35. The third kappa shape index (κ3) is 3.16. The fourth-order valence-electron chi connectivity index (χ4n) is 3.24. The van der Waals surface area contributed by atoms with Gasteiger partial charge in [-0.1, -0.05) is 30.2 Å². The Morgan fingerprint density at radius 1 is 1.17 bits per heavy atom. The Morgan fingerprint density at radius 2 is 1.92 bits per heavy atom. The molecule has 0 bridgehead atoms. The second-order valence-electron chi connectivity index (χ2n) is 6.13. The first-order valence-corrected chi connectivity index (χ1v) is 9.69. The molecular formula is C18H23N3O2S. The Bertz CT molecular complexity index is 803. The summed E-state index contributed by atoms with van der Waals surface area (Å²) in [4.78, 5) is 4.70. The first-order valence-electron chi connectivity index (χ1n) is 8.25. The number of nitrogens with zero attached hydrogens (tertiary/aromatic N) is 2. The Labute approximate surface area is 143 Å². The number of piperidine rings is 1. The van der Waals surface area contributed by atoms with E-state index < -0.39 is 10.0 Å². The molecule has 0 saturated carbocycles. The molecule has 1 aliphatic rings. The van der Waals surface area contributed by atoms with Crippen molar-refractivity contribution in [3.63, 3.8) is 0 Å². The maximum Gasteiger partial charge on any atom is 0.243 e. The summed E-state index contributed by atoms with van der Waals surface area (Å²) in [6, 6.07) is 10.7. The van der Waals surface area contributed by atoms with Crippen LogP contribution >= 0.6 is 0 Å². The number of anilines is 1. The number of nitrogens with one attached hydrogen (secondary N) is 1. The maximum absolute atomic E-state index is 13.2. The van der Waals surface area contributed by atoms with E-state index in [-0.39, 0.29) is 6.04 Å². The van der Waals surface area contributed by atoms with Crippen LogP contribution in [0.1, 0.15) is 36.4 Å². The molecule has 0 amide bonds. The molecule has 1 atom stereocenters. The predicted octanol–water partition coefficient (Wildman–Crippen LogP) is 3.35. The van der Waals surface area contributed by atoms with E-state index in [4.69, 9.17) is 0 Å². The van der Waals surface area contributed by atoms with Crippen LogP contribution in [-0.2, 0) is 10.0 Å². The van der Waals surface area contributed by atoms with Crippen molar-refractivity contribution in [1.82, 2.24) is 9.29 Å². The molecule has 1 aromatic heterocycles. The van der Waals surface area contributed by atoms with Crippen molar-refractivity contribution in [3.05, 3.63) is 53.7 Å². The van der Waals surface area contributed by atoms with E-state index in [0.29, 0.717) is 11.4 Å². The molecule has 0 spiro atoms. The van der Waals surface area contributed by atoms with Crippen LogP contribution in [0.2, 0.25) is 0 Å². The first-order chi connectivity index (χ1) is 11.5. The van der Waals surface area contributed by atoms with Gasteiger partial charge in [0.2, 0.25) is 10.0 Å². The van der Waals surface area contributed by atoms with Crippen molar-refractivity contribution in [2.45, 2.75) is 37.1 Å². The average molecular weight is 345 g/mol. The molecule has 1 unspecified atom stereocenters. The number of benzene rings is 1.